The molecule has 1 aliphatic heterocycles. The number of hydrogen-bond donors (Lipinski definition) is 1. The Morgan fingerprint density at radius 1 is 1.43 bits per heavy atom. The van der Waals surface area contributed by atoms with Crippen LogP contribution in [0.25, 0.3) is 0 Å². The molecule has 7 heteroatoms. The highest BCUT2D eigenvalue weighted by molar-refractivity contribution is 7.08. The van der Waals surface area contributed by atoms with E-state index in [0.717, 1.165) is 17.1 Å². The molecule has 1 aromatic carbocycles. The molecule has 6 nitrogen and oxygen atoms in total. The molecule has 0 bridgehead atoms. The van der Waals surface area contributed by atoms with Crippen molar-refractivity contribution in [2.45, 2.75) is 25.8 Å². The normalized spacial score (nSPS) is 16.8. The van der Waals surface area contributed by atoms with Crippen LogP contribution in [0.5, 0.6) is 0 Å². The molecule has 1 aliphatic rings. The van der Waals surface area contributed by atoms with Gasteiger partial charge in [-0.15, -0.1) is 5.10 Å². The van der Waals surface area contributed by atoms with Gasteiger partial charge in [-0.1, -0.05) is 29.6 Å². The first kappa shape index (κ1) is 13.7. The summed E-state index contributed by atoms with van der Waals surface area (Å²) in [5, 5.41) is 13.3. The standard InChI is InChI=1S/C14H13N3O3S/c1-2-9-12(21-16-15-9)13(18)17-10-6-4-3-5-8(10)7-11(17)14(19)20/h3-6,11H,2,7H2,1H3,(H,19,20). The van der Waals surface area contributed by atoms with Crippen molar-refractivity contribution in [3.8, 4) is 0 Å². The van der Waals surface area contributed by atoms with Gasteiger partial charge >= 0.3 is 5.97 Å². The van der Waals surface area contributed by atoms with Crippen molar-refractivity contribution in [1.29, 1.82) is 0 Å². The molecule has 21 heavy (non-hydrogen) atoms. The van der Waals surface area contributed by atoms with Gasteiger partial charge in [0, 0.05) is 12.1 Å². The van der Waals surface area contributed by atoms with Crippen LogP contribution in [0.15, 0.2) is 24.3 Å². The van der Waals surface area contributed by atoms with Gasteiger partial charge < -0.3 is 5.11 Å². The number of rotatable bonds is 3. The molecule has 108 valence electrons. The van der Waals surface area contributed by atoms with Gasteiger partial charge in [-0.25, -0.2) is 4.79 Å². The number of aliphatic carboxylic acids is 1. The van der Waals surface area contributed by atoms with Crippen LogP contribution in [0.2, 0.25) is 0 Å². The molecule has 2 heterocycles. The van der Waals surface area contributed by atoms with E-state index in [9.17, 15) is 14.7 Å². The lowest BCUT2D eigenvalue weighted by molar-refractivity contribution is -0.138. The lowest BCUT2D eigenvalue weighted by atomic mass is 10.1. The van der Waals surface area contributed by atoms with Gasteiger partial charge in [0.25, 0.3) is 5.91 Å². The smallest absolute Gasteiger partial charge is 0.327 e. The Balaban J connectivity index is 2.06. The van der Waals surface area contributed by atoms with Gasteiger partial charge in [-0.3, -0.25) is 9.69 Å². The summed E-state index contributed by atoms with van der Waals surface area (Å²) in [7, 11) is 0. The number of fused-ring (bicyclic) bond motifs is 1. The number of carbonyl (C=O) groups excluding carboxylic acids is 1. The second kappa shape index (κ2) is 5.25. The minimum Gasteiger partial charge on any atom is -0.480 e. The van der Waals surface area contributed by atoms with Crippen molar-refractivity contribution >= 4 is 29.1 Å². The van der Waals surface area contributed by atoms with Crippen LogP contribution >= 0.6 is 11.5 Å². The third-order valence-corrected chi connectivity index (χ3v) is 4.32. The molecule has 0 saturated carbocycles. The number of amides is 1. The van der Waals surface area contributed by atoms with Crippen LogP contribution in [0.4, 0.5) is 5.69 Å². The zero-order valence-electron chi connectivity index (χ0n) is 11.3. The number of carbonyl (C=O) groups is 2. The van der Waals surface area contributed by atoms with Gasteiger partial charge in [0.2, 0.25) is 0 Å². The van der Waals surface area contributed by atoms with E-state index < -0.39 is 12.0 Å². The molecule has 0 radical (unpaired) electrons. The summed E-state index contributed by atoms with van der Waals surface area (Å²) in [6.45, 7) is 1.89. The Labute approximate surface area is 125 Å². The first-order valence-electron chi connectivity index (χ1n) is 6.59. The molecule has 3 rings (SSSR count). The number of carboxylic acids is 1. The highest BCUT2D eigenvalue weighted by atomic mass is 32.1. The number of carboxylic acid groups (broad SMARTS) is 1. The predicted octanol–water partition coefficient (Wildman–Crippen LogP) is 1.76. The van der Waals surface area contributed by atoms with Crippen LogP contribution in [-0.2, 0) is 17.6 Å². The van der Waals surface area contributed by atoms with E-state index in [1.165, 1.54) is 4.90 Å². The van der Waals surface area contributed by atoms with E-state index in [-0.39, 0.29) is 5.91 Å². The van der Waals surface area contributed by atoms with Gasteiger partial charge in [0.05, 0.1) is 5.69 Å². The summed E-state index contributed by atoms with van der Waals surface area (Å²) >= 11 is 1.01. The molecular weight excluding hydrogens is 290 g/mol. The third-order valence-electron chi connectivity index (χ3n) is 3.56. The summed E-state index contributed by atoms with van der Waals surface area (Å²) in [6, 6.07) is 6.40. The molecule has 0 spiro atoms. The molecule has 0 aliphatic carbocycles. The zero-order chi connectivity index (χ0) is 15.0. The van der Waals surface area contributed by atoms with Gasteiger partial charge in [0.15, 0.2) is 0 Å². The van der Waals surface area contributed by atoms with E-state index in [1.807, 2.05) is 19.1 Å². The molecule has 1 unspecified atom stereocenters. The van der Waals surface area contributed by atoms with Crippen LogP contribution < -0.4 is 4.90 Å². The van der Waals surface area contributed by atoms with Crippen molar-refractivity contribution in [1.82, 2.24) is 9.59 Å². The molecule has 1 atom stereocenters. The van der Waals surface area contributed by atoms with Crippen molar-refractivity contribution in [3.05, 3.63) is 40.4 Å². The van der Waals surface area contributed by atoms with E-state index in [2.05, 4.69) is 9.59 Å². The van der Waals surface area contributed by atoms with Crippen LogP contribution in [0.1, 0.15) is 27.9 Å². The van der Waals surface area contributed by atoms with Crippen molar-refractivity contribution in [3.63, 3.8) is 0 Å². The van der Waals surface area contributed by atoms with Crippen molar-refractivity contribution in [2.75, 3.05) is 4.90 Å². The molecule has 1 aromatic heterocycles. The summed E-state index contributed by atoms with van der Waals surface area (Å²) in [5.74, 6) is -1.34. The number of hydrogen-bond acceptors (Lipinski definition) is 5. The summed E-state index contributed by atoms with van der Waals surface area (Å²) in [5.41, 5.74) is 2.14. The number of aryl methyl sites for hydroxylation is 1. The van der Waals surface area contributed by atoms with Crippen molar-refractivity contribution in [2.24, 2.45) is 0 Å². The summed E-state index contributed by atoms with van der Waals surface area (Å²) < 4.78 is 3.81. The van der Waals surface area contributed by atoms with Gasteiger partial charge in [-0.2, -0.15) is 0 Å². The molecule has 1 N–H and O–H groups in total. The molecule has 0 fully saturated rings. The fraction of sp³-hybridized carbons (Fsp3) is 0.286. The monoisotopic (exact) mass is 303 g/mol. The molecule has 0 saturated heterocycles. The number of benzene rings is 1. The maximum atomic E-state index is 12.8. The highest BCUT2D eigenvalue weighted by Gasteiger charge is 2.39. The van der Waals surface area contributed by atoms with Crippen molar-refractivity contribution < 1.29 is 14.7 Å². The van der Waals surface area contributed by atoms with E-state index in [4.69, 9.17) is 0 Å². The molecule has 1 amide bonds. The Bertz CT molecular complexity index is 713. The fourth-order valence-electron chi connectivity index (χ4n) is 2.55. The van der Waals surface area contributed by atoms with E-state index in [0.29, 0.717) is 29.1 Å². The molecular formula is C14H13N3O3S. The SMILES string of the molecule is CCc1nnsc1C(=O)N1c2ccccc2CC1C(=O)O. The lowest BCUT2D eigenvalue weighted by Gasteiger charge is -2.22. The maximum Gasteiger partial charge on any atom is 0.327 e. The molecule has 2 aromatic rings. The Kier molecular flexibility index (Phi) is 3.42. The Morgan fingerprint density at radius 2 is 2.19 bits per heavy atom. The average molecular weight is 303 g/mol. The van der Waals surface area contributed by atoms with Crippen LogP contribution in [0, 0.1) is 0 Å². The second-order valence-electron chi connectivity index (χ2n) is 4.76. The zero-order valence-corrected chi connectivity index (χ0v) is 12.1. The minimum absolute atomic E-state index is 0.324. The number of nitrogens with zero attached hydrogens (tertiary/aromatic N) is 3. The first-order chi connectivity index (χ1) is 10.1. The summed E-state index contributed by atoms with van der Waals surface area (Å²) in [6.07, 6.45) is 0.912. The maximum absolute atomic E-state index is 12.8. The second-order valence-corrected chi connectivity index (χ2v) is 5.52. The topological polar surface area (TPSA) is 83.4 Å². The van der Waals surface area contributed by atoms with Gasteiger partial charge in [0.1, 0.15) is 10.9 Å². The largest absolute Gasteiger partial charge is 0.480 e. The van der Waals surface area contributed by atoms with E-state index >= 15 is 0 Å². The highest BCUT2D eigenvalue weighted by Crippen LogP contribution is 2.34. The lowest BCUT2D eigenvalue weighted by Crippen LogP contribution is -2.42. The minimum atomic E-state index is -1.00. The predicted molar refractivity (Wildman–Crippen MR) is 77.7 cm³/mol. The summed E-state index contributed by atoms with van der Waals surface area (Å²) in [4.78, 5) is 26.0. The average Bonchev–Trinajstić information content (AvgIpc) is 3.10. The van der Waals surface area contributed by atoms with Crippen LogP contribution in [0.3, 0.4) is 0 Å². The first-order valence-corrected chi connectivity index (χ1v) is 7.36. The number of aromatic nitrogens is 2. The van der Waals surface area contributed by atoms with Crippen LogP contribution in [-0.4, -0.2) is 32.6 Å². The fourth-order valence-corrected chi connectivity index (χ4v) is 3.23. The number of para-hydroxylation sites is 1. The van der Waals surface area contributed by atoms with Gasteiger partial charge in [-0.05, 0) is 29.6 Å². The quantitative estimate of drug-likeness (QED) is 0.934. The number of anilines is 1. The Morgan fingerprint density at radius 3 is 2.90 bits per heavy atom. The van der Waals surface area contributed by atoms with E-state index in [1.54, 1.807) is 12.1 Å². The Hall–Kier alpha value is -2.28. The third kappa shape index (κ3) is 2.19.